The van der Waals surface area contributed by atoms with Gasteiger partial charge in [0.05, 0.1) is 11.6 Å². The maximum Gasteiger partial charge on any atom is 0.129 e. The number of hydrogen-bond acceptors (Lipinski definition) is 4. The Kier molecular flexibility index (Phi) is 4.29. The van der Waals surface area contributed by atoms with Gasteiger partial charge in [-0.15, -0.1) is 0 Å². The van der Waals surface area contributed by atoms with Crippen LogP contribution in [0, 0.1) is 0 Å². The van der Waals surface area contributed by atoms with E-state index in [-0.39, 0.29) is 6.10 Å². The van der Waals surface area contributed by atoms with E-state index in [2.05, 4.69) is 9.80 Å². The summed E-state index contributed by atoms with van der Waals surface area (Å²) in [6.07, 6.45) is -0.266. The van der Waals surface area contributed by atoms with Crippen LogP contribution in [0.15, 0.2) is 30.3 Å². The van der Waals surface area contributed by atoms with Gasteiger partial charge in [0.25, 0.3) is 0 Å². The molecule has 0 bridgehead atoms. The Morgan fingerprint density at radius 2 is 1.95 bits per heavy atom. The molecule has 1 aliphatic rings. The van der Waals surface area contributed by atoms with Crippen molar-refractivity contribution in [2.45, 2.75) is 13.0 Å². The SMILES string of the molecule is C[C@H](O)CN1CCN(c2ccc3c(Cl)cccc3n2)CC1. The highest BCUT2D eigenvalue weighted by Crippen LogP contribution is 2.25. The van der Waals surface area contributed by atoms with Gasteiger partial charge >= 0.3 is 0 Å². The molecule has 1 aromatic carbocycles. The van der Waals surface area contributed by atoms with Crippen LogP contribution in [0.1, 0.15) is 6.92 Å². The first kappa shape index (κ1) is 14.6. The molecule has 0 spiro atoms. The molecular weight excluding hydrogens is 286 g/mol. The molecule has 5 heteroatoms. The number of halogens is 1. The van der Waals surface area contributed by atoms with E-state index in [0.717, 1.165) is 54.5 Å². The van der Waals surface area contributed by atoms with Crippen molar-refractivity contribution in [2.24, 2.45) is 0 Å². The van der Waals surface area contributed by atoms with Crippen LogP contribution in [0.2, 0.25) is 5.02 Å². The highest BCUT2D eigenvalue weighted by molar-refractivity contribution is 6.35. The van der Waals surface area contributed by atoms with Gasteiger partial charge in [0.2, 0.25) is 0 Å². The van der Waals surface area contributed by atoms with E-state index in [0.29, 0.717) is 0 Å². The molecule has 3 rings (SSSR count). The number of anilines is 1. The lowest BCUT2D eigenvalue weighted by atomic mass is 10.2. The predicted molar refractivity (Wildman–Crippen MR) is 87.1 cm³/mol. The predicted octanol–water partition coefficient (Wildman–Crippen LogP) is 2.39. The van der Waals surface area contributed by atoms with Crippen LogP contribution in [0.4, 0.5) is 5.82 Å². The smallest absolute Gasteiger partial charge is 0.129 e. The van der Waals surface area contributed by atoms with Crippen LogP contribution in [0.5, 0.6) is 0 Å². The molecule has 0 aliphatic carbocycles. The van der Waals surface area contributed by atoms with E-state index in [9.17, 15) is 5.11 Å². The van der Waals surface area contributed by atoms with E-state index in [1.807, 2.05) is 37.3 Å². The molecule has 0 unspecified atom stereocenters. The second-order valence-electron chi connectivity index (χ2n) is 5.61. The third-order valence-corrected chi connectivity index (χ3v) is 4.21. The number of rotatable bonds is 3. The van der Waals surface area contributed by atoms with Crippen molar-refractivity contribution < 1.29 is 5.11 Å². The largest absolute Gasteiger partial charge is 0.392 e. The quantitative estimate of drug-likeness (QED) is 0.945. The molecule has 21 heavy (non-hydrogen) atoms. The monoisotopic (exact) mass is 305 g/mol. The van der Waals surface area contributed by atoms with Crippen molar-refractivity contribution in [3.8, 4) is 0 Å². The summed E-state index contributed by atoms with van der Waals surface area (Å²) in [4.78, 5) is 9.30. The third kappa shape index (κ3) is 3.28. The summed E-state index contributed by atoms with van der Waals surface area (Å²) in [5, 5.41) is 11.2. The minimum atomic E-state index is -0.266. The normalized spacial score (nSPS) is 18.1. The molecule has 2 aromatic rings. The fourth-order valence-corrected chi connectivity index (χ4v) is 3.05. The van der Waals surface area contributed by atoms with Crippen molar-refractivity contribution >= 4 is 28.3 Å². The number of aliphatic hydroxyl groups is 1. The van der Waals surface area contributed by atoms with Gasteiger partial charge in [0.15, 0.2) is 0 Å². The van der Waals surface area contributed by atoms with E-state index < -0.39 is 0 Å². The Labute approximate surface area is 129 Å². The number of pyridine rings is 1. The number of aliphatic hydroxyl groups excluding tert-OH is 1. The lowest BCUT2D eigenvalue weighted by Gasteiger charge is -2.36. The lowest BCUT2D eigenvalue weighted by Crippen LogP contribution is -2.48. The second-order valence-corrected chi connectivity index (χ2v) is 6.02. The zero-order valence-corrected chi connectivity index (χ0v) is 12.9. The van der Waals surface area contributed by atoms with Gasteiger partial charge in [-0.2, -0.15) is 0 Å². The first-order valence-electron chi connectivity index (χ1n) is 7.34. The number of fused-ring (bicyclic) bond motifs is 1. The van der Waals surface area contributed by atoms with Crippen LogP contribution in [-0.2, 0) is 0 Å². The molecule has 2 heterocycles. The summed E-state index contributed by atoms with van der Waals surface area (Å²) in [6.45, 7) is 6.37. The number of nitrogens with zero attached hydrogens (tertiary/aromatic N) is 3. The van der Waals surface area contributed by atoms with Crippen LogP contribution < -0.4 is 4.90 Å². The zero-order valence-electron chi connectivity index (χ0n) is 12.2. The highest BCUT2D eigenvalue weighted by Gasteiger charge is 2.19. The molecule has 1 aromatic heterocycles. The Hall–Kier alpha value is -1.36. The molecule has 0 amide bonds. The highest BCUT2D eigenvalue weighted by atomic mass is 35.5. The summed E-state index contributed by atoms with van der Waals surface area (Å²) in [7, 11) is 0. The number of aromatic nitrogens is 1. The summed E-state index contributed by atoms with van der Waals surface area (Å²) < 4.78 is 0. The molecule has 1 atom stereocenters. The Morgan fingerprint density at radius 3 is 2.67 bits per heavy atom. The van der Waals surface area contributed by atoms with Gasteiger partial charge in [-0.3, -0.25) is 4.90 Å². The van der Waals surface area contributed by atoms with Gasteiger partial charge in [-0.25, -0.2) is 4.98 Å². The Balaban J connectivity index is 1.73. The number of benzene rings is 1. The standard InChI is InChI=1S/C16H20ClN3O/c1-12(21)11-19-7-9-20(10-8-19)16-6-5-13-14(17)3-2-4-15(13)18-16/h2-6,12,21H,7-11H2,1H3/t12-/m0/s1. The van der Waals surface area contributed by atoms with Crippen LogP contribution in [-0.4, -0.2) is 53.8 Å². The fourth-order valence-electron chi connectivity index (χ4n) is 2.82. The molecule has 0 saturated carbocycles. The molecular formula is C16H20ClN3O. The number of hydrogen-bond donors (Lipinski definition) is 1. The molecule has 4 nitrogen and oxygen atoms in total. The molecule has 1 saturated heterocycles. The fraction of sp³-hybridized carbons (Fsp3) is 0.438. The van der Waals surface area contributed by atoms with E-state index in [1.54, 1.807) is 0 Å². The molecule has 1 aliphatic heterocycles. The van der Waals surface area contributed by atoms with Gasteiger partial charge in [-0.05, 0) is 31.2 Å². The van der Waals surface area contributed by atoms with Gasteiger partial charge in [0, 0.05) is 43.1 Å². The minimum Gasteiger partial charge on any atom is -0.392 e. The van der Waals surface area contributed by atoms with E-state index >= 15 is 0 Å². The maximum absolute atomic E-state index is 9.45. The first-order chi connectivity index (χ1) is 10.1. The third-order valence-electron chi connectivity index (χ3n) is 3.88. The van der Waals surface area contributed by atoms with Crippen LogP contribution >= 0.6 is 11.6 Å². The Morgan fingerprint density at radius 1 is 1.19 bits per heavy atom. The average Bonchev–Trinajstić information content (AvgIpc) is 2.47. The van der Waals surface area contributed by atoms with E-state index in [4.69, 9.17) is 16.6 Å². The molecule has 1 fully saturated rings. The Bertz CT molecular complexity index is 624. The van der Waals surface area contributed by atoms with Crippen molar-refractivity contribution in [2.75, 3.05) is 37.6 Å². The first-order valence-corrected chi connectivity index (χ1v) is 7.72. The summed E-state index contributed by atoms with van der Waals surface area (Å²) >= 11 is 6.18. The van der Waals surface area contributed by atoms with Gasteiger partial charge in [-0.1, -0.05) is 17.7 Å². The zero-order chi connectivity index (χ0) is 14.8. The van der Waals surface area contributed by atoms with E-state index in [1.165, 1.54) is 0 Å². The van der Waals surface area contributed by atoms with Gasteiger partial charge in [0.1, 0.15) is 5.82 Å². The van der Waals surface area contributed by atoms with Crippen molar-refractivity contribution in [1.29, 1.82) is 0 Å². The summed E-state index contributed by atoms with van der Waals surface area (Å²) in [5.41, 5.74) is 0.936. The number of piperazine rings is 1. The second kappa shape index (κ2) is 6.18. The average molecular weight is 306 g/mol. The minimum absolute atomic E-state index is 0.266. The van der Waals surface area contributed by atoms with Crippen LogP contribution in [0.3, 0.4) is 0 Å². The van der Waals surface area contributed by atoms with Crippen molar-refractivity contribution in [1.82, 2.24) is 9.88 Å². The lowest BCUT2D eigenvalue weighted by molar-refractivity contribution is 0.122. The summed E-state index contributed by atoms with van der Waals surface area (Å²) in [5.74, 6) is 1.00. The van der Waals surface area contributed by atoms with Crippen molar-refractivity contribution in [3.63, 3.8) is 0 Å². The maximum atomic E-state index is 9.45. The van der Waals surface area contributed by atoms with Crippen LogP contribution in [0.25, 0.3) is 10.9 Å². The topological polar surface area (TPSA) is 39.6 Å². The van der Waals surface area contributed by atoms with Crippen molar-refractivity contribution in [3.05, 3.63) is 35.4 Å². The van der Waals surface area contributed by atoms with Gasteiger partial charge < -0.3 is 10.0 Å². The summed E-state index contributed by atoms with van der Waals surface area (Å²) in [6, 6.07) is 9.90. The molecule has 1 N–H and O–H groups in total. The molecule has 0 radical (unpaired) electrons. The molecule has 112 valence electrons. The number of β-amino-alcohol motifs (C(OH)–C–C–N with tert-alkyl or cyclic N) is 1.